The maximum absolute atomic E-state index is 10.6. The van der Waals surface area contributed by atoms with E-state index in [2.05, 4.69) is 9.97 Å². The summed E-state index contributed by atoms with van der Waals surface area (Å²) in [6.07, 6.45) is 4.11. The molecule has 5 nitrogen and oxygen atoms in total. The lowest BCUT2D eigenvalue weighted by Crippen LogP contribution is -2.09. The van der Waals surface area contributed by atoms with Gasteiger partial charge in [0.15, 0.2) is 0 Å². The molecule has 0 bridgehead atoms. The predicted octanol–water partition coefficient (Wildman–Crippen LogP) is 0.425. The van der Waals surface area contributed by atoms with Gasteiger partial charge in [0, 0.05) is 18.6 Å². The molecule has 1 aromatic rings. The van der Waals surface area contributed by atoms with Gasteiger partial charge in [-0.1, -0.05) is 0 Å². The van der Waals surface area contributed by atoms with Crippen LogP contribution in [0.5, 0.6) is 0 Å². The highest BCUT2D eigenvalue weighted by atomic mass is 32.2. The average Bonchev–Trinajstić information content (AvgIpc) is 2.03. The minimum absolute atomic E-state index is 0.236. The quantitative estimate of drug-likeness (QED) is 0.680. The van der Waals surface area contributed by atoms with Crippen LogP contribution in [0.2, 0.25) is 0 Å². The van der Waals surface area contributed by atoms with Crippen molar-refractivity contribution in [3.05, 3.63) is 24.3 Å². The first-order valence-corrected chi connectivity index (χ1v) is 4.74. The van der Waals surface area contributed by atoms with E-state index in [9.17, 15) is 8.42 Å². The van der Waals surface area contributed by atoms with Crippen LogP contribution in [0.1, 0.15) is 17.9 Å². The van der Waals surface area contributed by atoms with E-state index in [1.807, 2.05) is 0 Å². The molecule has 0 aliphatic carbocycles. The second-order valence-electron chi connectivity index (χ2n) is 2.29. The lowest BCUT2D eigenvalue weighted by Gasteiger charge is -2.04. The third-order valence-corrected chi connectivity index (χ3v) is 2.58. The van der Waals surface area contributed by atoms with Gasteiger partial charge in [0.05, 0.1) is 5.69 Å². The van der Waals surface area contributed by atoms with Gasteiger partial charge in [0.2, 0.25) is 0 Å². The molecule has 1 unspecified atom stereocenters. The van der Waals surface area contributed by atoms with Crippen molar-refractivity contribution in [3.63, 3.8) is 0 Å². The SMILES string of the molecule is CC(c1cnccn1)S(=O)(=O)O. The van der Waals surface area contributed by atoms with Gasteiger partial charge in [-0.25, -0.2) is 0 Å². The number of hydrogen-bond donors (Lipinski definition) is 1. The van der Waals surface area contributed by atoms with Gasteiger partial charge in [0.1, 0.15) is 5.25 Å². The highest BCUT2D eigenvalue weighted by molar-refractivity contribution is 7.86. The monoisotopic (exact) mass is 188 g/mol. The summed E-state index contributed by atoms with van der Waals surface area (Å²) in [4.78, 5) is 7.42. The maximum Gasteiger partial charge on any atom is 0.273 e. The lowest BCUT2D eigenvalue weighted by molar-refractivity contribution is 0.471. The highest BCUT2D eigenvalue weighted by Crippen LogP contribution is 2.16. The summed E-state index contributed by atoms with van der Waals surface area (Å²) >= 11 is 0. The first-order valence-electron chi connectivity index (χ1n) is 3.24. The molecule has 66 valence electrons. The molecule has 0 aliphatic rings. The summed E-state index contributed by atoms with van der Waals surface area (Å²) in [5.74, 6) is 0. The normalized spacial score (nSPS) is 14.2. The molecule has 0 saturated heterocycles. The molecule has 1 aromatic heterocycles. The third-order valence-electron chi connectivity index (χ3n) is 1.45. The summed E-state index contributed by atoms with van der Waals surface area (Å²) in [6, 6.07) is 0. The molecule has 0 radical (unpaired) electrons. The fourth-order valence-electron chi connectivity index (χ4n) is 0.673. The predicted molar refractivity (Wildman–Crippen MR) is 42.0 cm³/mol. The van der Waals surface area contributed by atoms with Crippen LogP contribution < -0.4 is 0 Å². The molecular weight excluding hydrogens is 180 g/mol. The second kappa shape index (κ2) is 3.16. The molecule has 0 aromatic carbocycles. The van der Waals surface area contributed by atoms with Gasteiger partial charge in [0.25, 0.3) is 10.1 Å². The maximum atomic E-state index is 10.6. The zero-order chi connectivity index (χ0) is 9.19. The Balaban J connectivity index is 3.02. The summed E-state index contributed by atoms with van der Waals surface area (Å²) in [5, 5.41) is -1.02. The zero-order valence-electron chi connectivity index (χ0n) is 6.38. The van der Waals surface area contributed by atoms with E-state index < -0.39 is 15.4 Å². The fraction of sp³-hybridized carbons (Fsp3) is 0.333. The summed E-state index contributed by atoms with van der Waals surface area (Å²) in [5.41, 5.74) is 0.236. The van der Waals surface area contributed by atoms with Gasteiger partial charge >= 0.3 is 0 Å². The summed E-state index contributed by atoms with van der Waals surface area (Å²) in [7, 11) is -4.06. The molecule has 0 saturated carbocycles. The van der Waals surface area contributed by atoms with Crippen LogP contribution in [0.4, 0.5) is 0 Å². The summed E-state index contributed by atoms with van der Waals surface area (Å²) in [6.45, 7) is 1.35. The molecule has 0 amide bonds. The molecule has 6 heteroatoms. The average molecular weight is 188 g/mol. The smallest absolute Gasteiger partial charge is 0.273 e. The van der Waals surface area contributed by atoms with Gasteiger partial charge in [-0.05, 0) is 6.92 Å². The van der Waals surface area contributed by atoms with E-state index in [0.29, 0.717) is 0 Å². The van der Waals surface area contributed by atoms with Crippen molar-refractivity contribution in [2.24, 2.45) is 0 Å². The molecule has 0 aliphatic heterocycles. The largest absolute Gasteiger partial charge is 0.285 e. The minimum Gasteiger partial charge on any atom is -0.285 e. The number of nitrogens with zero attached hydrogens (tertiary/aromatic N) is 2. The summed E-state index contributed by atoms with van der Waals surface area (Å²) < 4.78 is 29.9. The Morgan fingerprint density at radius 1 is 1.50 bits per heavy atom. The number of hydrogen-bond acceptors (Lipinski definition) is 4. The van der Waals surface area contributed by atoms with Crippen molar-refractivity contribution in [1.82, 2.24) is 9.97 Å². The van der Waals surface area contributed by atoms with E-state index >= 15 is 0 Å². The van der Waals surface area contributed by atoms with Gasteiger partial charge < -0.3 is 0 Å². The Kier molecular flexibility index (Phi) is 2.39. The zero-order valence-corrected chi connectivity index (χ0v) is 7.19. The number of rotatable bonds is 2. The van der Waals surface area contributed by atoms with Crippen molar-refractivity contribution in [2.75, 3.05) is 0 Å². The van der Waals surface area contributed by atoms with E-state index in [1.54, 1.807) is 0 Å². The van der Waals surface area contributed by atoms with Crippen molar-refractivity contribution in [1.29, 1.82) is 0 Å². The Morgan fingerprint density at radius 3 is 2.58 bits per heavy atom. The Hall–Kier alpha value is -1.01. The van der Waals surface area contributed by atoms with E-state index in [4.69, 9.17) is 4.55 Å². The second-order valence-corrected chi connectivity index (χ2v) is 4.02. The molecule has 1 heterocycles. The molecule has 1 N–H and O–H groups in total. The van der Waals surface area contributed by atoms with E-state index in [1.165, 1.54) is 25.5 Å². The van der Waals surface area contributed by atoms with E-state index in [-0.39, 0.29) is 5.69 Å². The standard InChI is InChI=1S/C6H8N2O3S/c1-5(12(9,10)11)6-4-7-2-3-8-6/h2-5H,1H3,(H,9,10,11). The first kappa shape index (κ1) is 9.08. The first-order chi connectivity index (χ1) is 5.52. The highest BCUT2D eigenvalue weighted by Gasteiger charge is 2.20. The Morgan fingerprint density at radius 2 is 2.17 bits per heavy atom. The van der Waals surface area contributed by atoms with E-state index in [0.717, 1.165) is 0 Å². The minimum atomic E-state index is -4.06. The topological polar surface area (TPSA) is 80.2 Å². The van der Waals surface area contributed by atoms with Crippen molar-refractivity contribution < 1.29 is 13.0 Å². The van der Waals surface area contributed by atoms with Gasteiger partial charge in [-0.3, -0.25) is 14.5 Å². The van der Waals surface area contributed by atoms with Crippen LogP contribution in [-0.2, 0) is 10.1 Å². The molecule has 0 spiro atoms. The fourth-order valence-corrected chi connectivity index (χ4v) is 1.10. The van der Waals surface area contributed by atoms with Crippen LogP contribution in [0.15, 0.2) is 18.6 Å². The van der Waals surface area contributed by atoms with Crippen molar-refractivity contribution in [3.8, 4) is 0 Å². The van der Waals surface area contributed by atoms with Crippen LogP contribution in [0.3, 0.4) is 0 Å². The third kappa shape index (κ3) is 1.99. The molecule has 12 heavy (non-hydrogen) atoms. The Bertz CT molecular complexity index is 348. The lowest BCUT2D eigenvalue weighted by atomic mass is 10.3. The van der Waals surface area contributed by atoms with Crippen LogP contribution >= 0.6 is 0 Å². The molecular formula is C6H8N2O3S. The molecule has 1 atom stereocenters. The Labute approximate surface area is 70.2 Å². The van der Waals surface area contributed by atoms with Crippen molar-refractivity contribution in [2.45, 2.75) is 12.2 Å². The molecule has 1 rings (SSSR count). The molecule has 0 fully saturated rings. The van der Waals surface area contributed by atoms with Gasteiger partial charge in [-0.15, -0.1) is 0 Å². The van der Waals surface area contributed by atoms with Gasteiger partial charge in [-0.2, -0.15) is 8.42 Å². The number of aromatic nitrogens is 2. The van der Waals surface area contributed by atoms with Crippen LogP contribution in [0, 0.1) is 0 Å². The van der Waals surface area contributed by atoms with Crippen LogP contribution in [0.25, 0.3) is 0 Å². The van der Waals surface area contributed by atoms with Crippen molar-refractivity contribution >= 4 is 10.1 Å². The van der Waals surface area contributed by atoms with Crippen LogP contribution in [-0.4, -0.2) is 22.9 Å².